The van der Waals surface area contributed by atoms with Gasteiger partial charge in [0.2, 0.25) is 5.91 Å². The molecule has 1 N–H and O–H groups in total. The standard InChI is InChI=1S/C28H33N5O3/c1-4-36-26-25(30-27(35)21-8-7-13-29-17-21)22-9-5-6-10-23(22)28(26)11-14-32(15-12-28)24(34)18-33-20(3)16-19(2)31-33/h5-10,13,16-17,25-26H,4,11-12,14-15,18H2,1-3H3,(H,30,35)/t25-,26+/m0/s1. The molecule has 0 bridgehead atoms. The lowest BCUT2D eigenvalue weighted by molar-refractivity contribution is -0.135. The van der Waals surface area contributed by atoms with Gasteiger partial charge in [-0.05, 0) is 62.9 Å². The van der Waals surface area contributed by atoms with Gasteiger partial charge in [-0.1, -0.05) is 24.3 Å². The van der Waals surface area contributed by atoms with E-state index in [-0.39, 0.29) is 35.9 Å². The molecule has 2 aliphatic rings. The number of hydrogen-bond acceptors (Lipinski definition) is 5. The largest absolute Gasteiger partial charge is 0.375 e. The van der Waals surface area contributed by atoms with Crippen LogP contribution in [-0.2, 0) is 21.5 Å². The highest BCUT2D eigenvalue weighted by molar-refractivity contribution is 5.94. The molecule has 1 spiro atoms. The van der Waals surface area contributed by atoms with Gasteiger partial charge in [0.05, 0.1) is 23.4 Å². The number of fused-ring (bicyclic) bond motifs is 2. The fraction of sp³-hybridized carbons (Fsp3) is 0.429. The highest BCUT2D eigenvalue weighted by Gasteiger charge is 2.54. The molecule has 36 heavy (non-hydrogen) atoms. The summed E-state index contributed by atoms with van der Waals surface area (Å²) in [6.07, 6.45) is 4.57. The number of nitrogens with one attached hydrogen (secondary N) is 1. The maximum absolute atomic E-state index is 13.1. The molecular formula is C28H33N5O3. The molecule has 2 aromatic heterocycles. The van der Waals surface area contributed by atoms with Crippen molar-refractivity contribution in [2.75, 3.05) is 19.7 Å². The first-order chi connectivity index (χ1) is 17.4. The van der Waals surface area contributed by atoms with Crippen LogP contribution in [0.15, 0.2) is 54.9 Å². The van der Waals surface area contributed by atoms with Gasteiger partial charge in [-0.15, -0.1) is 0 Å². The van der Waals surface area contributed by atoms with Crippen molar-refractivity contribution < 1.29 is 14.3 Å². The van der Waals surface area contributed by atoms with Gasteiger partial charge in [-0.2, -0.15) is 5.10 Å². The molecule has 188 valence electrons. The van der Waals surface area contributed by atoms with E-state index >= 15 is 0 Å². The van der Waals surface area contributed by atoms with E-state index in [0.29, 0.717) is 25.3 Å². The average Bonchev–Trinajstić information content (AvgIpc) is 3.34. The summed E-state index contributed by atoms with van der Waals surface area (Å²) in [4.78, 5) is 32.3. The molecule has 3 aromatic rings. The van der Waals surface area contributed by atoms with E-state index < -0.39 is 0 Å². The number of likely N-dealkylation sites (tertiary alicyclic amines) is 1. The number of ether oxygens (including phenoxy) is 1. The van der Waals surface area contributed by atoms with Crippen LogP contribution in [0.4, 0.5) is 0 Å². The molecular weight excluding hydrogens is 454 g/mol. The predicted molar refractivity (Wildman–Crippen MR) is 135 cm³/mol. The molecule has 1 aliphatic heterocycles. The minimum absolute atomic E-state index is 0.0803. The van der Waals surface area contributed by atoms with E-state index in [1.807, 2.05) is 37.8 Å². The Kier molecular flexibility index (Phi) is 6.62. The van der Waals surface area contributed by atoms with Gasteiger partial charge in [0.1, 0.15) is 6.54 Å². The van der Waals surface area contributed by atoms with Gasteiger partial charge < -0.3 is 15.0 Å². The van der Waals surface area contributed by atoms with Crippen molar-refractivity contribution in [1.82, 2.24) is 25.0 Å². The lowest BCUT2D eigenvalue weighted by Crippen LogP contribution is -2.52. The fourth-order valence-electron chi connectivity index (χ4n) is 5.94. The summed E-state index contributed by atoms with van der Waals surface area (Å²) in [5, 5.41) is 7.69. The molecule has 3 heterocycles. The molecule has 0 unspecified atom stereocenters. The number of pyridine rings is 1. The van der Waals surface area contributed by atoms with Gasteiger partial charge in [0, 0.05) is 43.2 Å². The van der Waals surface area contributed by atoms with Crippen molar-refractivity contribution in [2.24, 2.45) is 0 Å². The number of aryl methyl sites for hydroxylation is 2. The Labute approximate surface area is 211 Å². The van der Waals surface area contributed by atoms with E-state index in [0.717, 1.165) is 29.8 Å². The topological polar surface area (TPSA) is 89.4 Å². The summed E-state index contributed by atoms with van der Waals surface area (Å²) in [5.41, 5.74) is 4.47. The molecule has 0 radical (unpaired) electrons. The monoisotopic (exact) mass is 487 g/mol. The number of aromatic nitrogens is 3. The van der Waals surface area contributed by atoms with Crippen molar-refractivity contribution in [1.29, 1.82) is 0 Å². The summed E-state index contributed by atoms with van der Waals surface area (Å²) in [7, 11) is 0. The highest BCUT2D eigenvalue weighted by Crippen LogP contribution is 2.52. The van der Waals surface area contributed by atoms with Crippen LogP contribution in [-0.4, -0.2) is 57.3 Å². The number of nitrogens with zero attached hydrogens (tertiary/aromatic N) is 4. The van der Waals surface area contributed by atoms with Crippen molar-refractivity contribution in [3.63, 3.8) is 0 Å². The minimum atomic E-state index is -0.272. The zero-order chi connectivity index (χ0) is 25.3. The predicted octanol–water partition coefficient (Wildman–Crippen LogP) is 3.35. The molecule has 1 aliphatic carbocycles. The summed E-state index contributed by atoms with van der Waals surface area (Å²) in [6.45, 7) is 7.97. The second-order valence-electron chi connectivity index (χ2n) is 9.78. The van der Waals surface area contributed by atoms with Crippen LogP contribution >= 0.6 is 0 Å². The van der Waals surface area contributed by atoms with E-state index in [1.165, 1.54) is 5.56 Å². The van der Waals surface area contributed by atoms with E-state index in [2.05, 4.69) is 33.6 Å². The molecule has 0 saturated carbocycles. The van der Waals surface area contributed by atoms with Crippen LogP contribution in [0.2, 0.25) is 0 Å². The maximum Gasteiger partial charge on any atom is 0.253 e. The number of carbonyl (C=O) groups is 2. The van der Waals surface area contributed by atoms with Crippen LogP contribution in [0.5, 0.6) is 0 Å². The zero-order valence-electron chi connectivity index (χ0n) is 21.1. The summed E-state index contributed by atoms with van der Waals surface area (Å²) in [6, 6.07) is 13.5. The number of amides is 2. The van der Waals surface area contributed by atoms with Gasteiger partial charge in [-0.25, -0.2) is 0 Å². The number of rotatable bonds is 6. The second kappa shape index (κ2) is 9.85. The Morgan fingerprint density at radius 1 is 1.14 bits per heavy atom. The van der Waals surface area contributed by atoms with Crippen molar-refractivity contribution in [3.8, 4) is 0 Å². The molecule has 5 rings (SSSR count). The first kappa shape index (κ1) is 24.2. The Balaban J connectivity index is 1.38. The van der Waals surface area contributed by atoms with Crippen LogP contribution in [0.25, 0.3) is 0 Å². The molecule has 2 amide bonds. The summed E-state index contributed by atoms with van der Waals surface area (Å²) in [5.74, 6) is -0.0844. The molecule has 1 aromatic carbocycles. The number of hydrogen-bond donors (Lipinski definition) is 1. The number of carbonyl (C=O) groups excluding carboxylic acids is 2. The van der Waals surface area contributed by atoms with Crippen molar-refractivity contribution in [2.45, 2.75) is 57.7 Å². The van der Waals surface area contributed by atoms with E-state index in [9.17, 15) is 9.59 Å². The second-order valence-corrected chi connectivity index (χ2v) is 9.78. The Morgan fingerprint density at radius 3 is 2.58 bits per heavy atom. The molecule has 1 saturated heterocycles. The van der Waals surface area contributed by atoms with Crippen LogP contribution in [0.3, 0.4) is 0 Å². The molecule has 8 heteroatoms. The van der Waals surface area contributed by atoms with Gasteiger partial charge in [0.15, 0.2) is 0 Å². The average molecular weight is 488 g/mol. The van der Waals surface area contributed by atoms with Gasteiger partial charge in [0.25, 0.3) is 5.91 Å². The molecule has 8 nitrogen and oxygen atoms in total. The Morgan fingerprint density at radius 2 is 1.92 bits per heavy atom. The number of piperidine rings is 1. The Hall–Kier alpha value is -3.52. The minimum Gasteiger partial charge on any atom is -0.375 e. The molecule has 2 atom stereocenters. The summed E-state index contributed by atoms with van der Waals surface area (Å²) < 4.78 is 8.17. The third-order valence-corrected chi connectivity index (χ3v) is 7.63. The highest BCUT2D eigenvalue weighted by atomic mass is 16.5. The maximum atomic E-state index is 13.1. The number of benzene rings is 1. The SMILES string of the molecule is CCO[C@@H]1[C@@H](NC(=O)c2cccnc2)c2ccccc2C12CCN(C(=O)Cn1nc(C)cc1C)CC2. The molecule has 1 fully saturated rings. The smallest absolute Gasteiger partial charge is 0.253 e. The fourth-order valence-corrected chi connectivity index (χ4v) is 5.94. The van der Waals surface area contributed by atoms with Crippen LogP contribution < -0.4 is 5.32 Å². The van der Waals surface area contributed by atoms with Crippen molar-refractivity contribution >= 4 is 11.8 Å². The summed E-state index contributed by atoms with van der Waals surface area (Å²) >= 11 is 0. The third kappa shape index (κ3) is 4.30. The third-order valence-electron chi connectivity index (χ3n) is 7.63. The van der Waals surface area contributed by atoms with E-state index in [4.69, 9.17) is 4.74 Å². The van der Waals surface area contributed by atoms with E-state index in [1.54, 1.807) is 29.2 Å². The lowest BCUT2D eigenvalue weighted by Gasteiger charge is -2.44. The van der Waals surface area contributed by atoms with Gasteiger partial charge >= 0.3 is 0 Å². The van der Waals surface area contributed by atoms with Crippen LogP contribution in [0.1, 0.15) is 58.7 Å². The lowest BCUT2D eigenvalue weighted by atomic mass is 9.71. The normalized spacial score (nSPS) is 20.4. The quantitative estimate of drug-likeness (QED) is 0.576. The first-order valence-corrected chi connectivity index (χ1v) is 12.6. The van der Waals surface area contributed by atoms with Gasteiger partial charge in [-0.3, -0.25) is 19.3 Å². The zero-order valence-corrected chi connectivity index (χ0v) is 21.1. The van der Waals surface area contributed by atoms with Crippen molar-refractivity contribution in [3.05, 3.63) is 82.9 Å². The van der Waals surface area contributed by atoms with Crippen LogP contribution in [0, 0.1) is 13.8 Å². The Bertz CT molecular complexity index is 1250. The first-order valence-electron chi connectivity index (χ1n) is 12.6.